The van der Waals surface area contributed by atoms with E-state index in [2.05, 4.69) is 10.3 Å². The maximum Gasteiger partial charge on any atom is 0.404 e. The Labute approximate surface area is 126 Å². The number of hydrogen-bond donors (Lipinski definition) is 2. The molecule has 21 heavy (non-hydrogen) atoms. The molecule has 1 aromatic heterocycles. The summed E-state index contributed by atoms with van der Waals surface area (Å²) in [6, 6.07) is 1.71. The van der Waals surface area contributed by atoms with Crippen LogP contribution in [0.5, 0.6) is 0 Å². The monoisotopic (exact) mass is 310 g/mol. The molecule has 1 aromatic rings. The fourth-order valence-electron chi connectivity index (χ4n) is 2.78. The molecule has 0 radical (unpaired) electrons. The van der Waals surface area contributed by atoms with Crippen LogP contribution in [0, 0.1) is 0 Å². The predicted octanol–water partition coefficient (Wildman–Crippen LogP) is 1.04. The Morgan fingerprint density at radius 1 is 1.48 bits per heavy atom. The summed E-state index contributed by atoms with van der Waals surface area (Å²) in [4.78, 5) is 29.0. The molecule has 0 atom stereocenters. The molecule has 2 aliphatic heterocycles. The van der Waals surface area contributed by atoms with E-state index >= 15 is 0 Å². The number of fused-ring (bicyclic) bond motifs is 1. The molecule has 2 amide bonds. The van der Waals surface area contributed by atoms with Crippen molar-refractivity contribution < 1.29 is 14.3 Å². The lowest BCUT2D eigenvalue weighted by atomic mass is 10.1. The zero-order chi connectivity index (χ0) is 15.0. The molecule has 0 aliphatic carbocycles. The van der Waals surface area contributed by atoms with Gasteiger partial charge in [-0.3, -0.25) is 4.79 Å². The maximum absolute atomic E-state index is 11.9. The molecule has 3 N–H and O–H groups in total. The summed E-state index contributed by atoms with van der Waals surface area (Å²) in [5.41, 5.74) is 6.48. The number of hydrogen-bond acceptors (Lipinski definition) is 5. The number of nitrogens with zero attached hydrogens (tertiary/aromatic N) is 2. The van der Waals surface area contributed by atoms with Crippen molar-refractivity contribution in [2.24, 2.45) is 5.73 Å². The molecule has 8 heteroatoms. The van der Waals surface area contributed by atoms with Crippen LogP contribution in [0.15, 0.2) is 6.07 Å². The van der Waals surface area contributed by atoms with Gasteiger partial charge in [0.05, 0.1) is 5.56 Å². The first kappa shape index (κ1) is 13.9. The fraction of sp³-hybridized carbons (Fsp3) is 0.462. The van der Waals surface area contributed by atoms with Crippen LogP contribution >= 0.6 is 11.6 Å². The van der Waals surface area contributed by atoms with Crippen molar-refractivity contribution in [2.75, 3.05) is 18.0 Å². The fourth-order valence-corrected chi connectivity index (χ4v) is 2.99. The molecule has 112 valence electrons. The molecule has 0 aromatic carbocycles. The third-order valence-corrected chi connectivity index (χ3v) is 3.94. The first-order valence-corrected chi connectivity index (χ1v) is 7.11. The predicted molar refractivity (Wildman–Crippen MR) is 76.3 cm³/mol. The lowest BCUT2D eigenvalue weighted by molar-refractivity contribution is 0.0911. The Bertz CT molecular complexity index is 599. The average Bonchev–Trinajstić information content (AvgIpc) is 2.79. The van der Waals surface area contributed by atoms with Crippen LogP contribution in [-0.2, 0) is 11.3 Å². The van der Waals surface area contributed by atoms with Crippen molar-refractivity contribution in [3.8, 4) is 0 Å². The molecule has 1 saturated heterocycles. The number of aromatic nitrogens is 1. The molecular weight excluding hydrogens is 296 g/mol. The Morgan fingerprint density at radius 3 is 2.86 bits per heavy atom. The zero-order valence-corrected chi connectivity index (χ0v) is 12.0. The van der Waals surface area contributed by atoms with E-state index in [-0.39, 0.29) is 12.0 Å². The molecular formula is C13H15ClN4O3. The van der Waals surface area contributed by atoms with Crippen molar-refractivity contribution in [3.05, 3.63) is 22.3 Å². The number of amides is 2. The lowest BCUT2D eigenvalue weighted by Gasteiger charge is -2.32. The third kappa shape index (κ3) is 2.73. The number of ether oxygens (including phenoxy) is 1. The topological polar surface area (TPSA) is 97.6 Å². The second-order valence-electron chi connectivity index (χ2n) is 5.11. The largest absolute Gasteiger partial charge is 0.446 e. The van der Waals surface area contributed by atoms with Crippen molar-refractivity contribution in [2.45, 2.75) is 25.5 Å². The number of nitrogens with two attached hydrogens (primary N) is 1. The summed E-state index contributed by atoms with van der Waals surface area (Å²) in [5.74, 6) is 0.477. The summed E-state index contributed by atoms with van der Waals surface area (Å²) in [6.45, 7) is 1.74. The van der Waals surface area contributed by atoms with Crippen LogP contribution < -0.4 is 16.0 Å². The van der Waals surface area contributed by atoms with Gasteiger partial charge in [-0.15, -0.1) is 0 Å². The number of nitrogens with one attached hydrogen (secondary N) is 1. The standard InChI is InChI=1S/C13H15ClN4O3/c14-9-5-7-6-16-12(19)10(7)11(17-9)18-3-1-8(2-4-18)21-13(15)20/h5,8H,1-4,6H2,(H2,15,20)(H,16,19). The molecule has 0 unspecified atom stereocenters. The Hall–Kier alpha value is -2.02. The first-order valence-electron chi connectivity index (χ1n) is 6.73. The van der Waals surface area contributed by atoms with E-state index in [1.807, 2.05) is 4.90 Å². The van der Waals surface area contributed by atoms with Gasteiger partial charge in [0.1, 0.15) is 17.1 Å². The molecule has 0 spiro atoms. The number of rotatable bonds is 2. The van der Waals surface area contributed by atoms with E-state index in [0.29, 0.717) is 49.0 Å². The van der Waals surface area contributed by atoms with E-state index in [4.69, 9.17) is 22.1 Å². The van der Waals surface area contributed by atoms with E-state index in [9.17, 15) is 9.59 Å². The van der Waals surface area contributed by atoms with E-state index in [1.54, 1.807) is 6.07 Å². The maximum atomic E-state index is 11.9. The van der Waals surface area contributed by atoms with Gasteiger partial charge in [-0.25, -0.2) is 9.78 Å². The number of primary amides is 1. The van der Waals surface area contributed by atoms with E-state index < -0.39 is 6.09 Å². The summed E-state index contributed by atoms with van der Waals surface area (Å²) < 4.78 is 5.00. The van der Waals surface area contributed by atoms with Gasteiger partial charge in [-0.1, -0.05) is 11.6 Å². The number of carbonyl (C=O) groups is 2. The average molecular weight is 311 g/mol. The van der Waals surface area contributed by atoms with Gasteiger partial charge in [0.15, 0.2) is 0 Å². The molecule has 3 rings (SSSR count). The van der Waals surface area contributed by atoms with Gasteiger partial charge in [0, 0.05) is 32.5 Å². The van der Waals surface area contributed by atoms with E-state index in [0.717, 1.165) is 5.56 Å². The smallest absolute Gasteiger partial charge is 0.404 e. The first-order chi connectivity index (χ1) is 10.0. The number of halogens is 1. The summed E-state index contributed by atoms with van der Waals surface area (Å²) >= 11 is 6.03. The highest BCUT2D eigenvalue weighted by Crippen LogP contribution is 2.30. The van der Waals surface area contributed by atoms with Crippen molar-refractivity contribution in [3.63, 3.8) is 0 Å². The van der Waals surface area contributed by atoms with Gasteiger partial charge in [-0.05, 0) is 11.6 Å². The highest BCUT2D eigenvalue weighted by atomic mass is 35.5. The molecule has 3 heterocycles. The number of piperidine rings is 1. The zero-order valence-electron chi connectivity index (χ0n) is 11.3. The highest BCUT2D eigenvalue weighted by Gasteiger charge is 2.30. The highest BCUT2D eigenvalue weighted by molar-refractivity contribution is 6.29. The Kier molecular flexibility index (Phi) is 3.59. The van der Waals surface area contributed by atoms with Gasteiger partial charge in [0.25, 0.3) is 5.91 Å². The van der Waals surface area contributed by atoms with Crippen LogP contribution in [-0.4, -0.2) is 36.2 Å². The Balaban J connectivity index is 1.80. The van der Waals surface area contributed by atoms with Crippen molar-refractivity contribution in [1.82, 2.24) is 10.3 Å². The quantitative estimate of drug-likeness (QED) is 0.795. The second-order valence-corrected chi connectivity index (χ2v) is 5.50. The van der Waals surface area contributed by atoms with Crippen LogP contribution in [0.4, 0.5) is 10.6 Å². The minimum atomic E-state index is -0.755. The minimum absolute atomic E-state index is 0.125. The van der Waals surface area contributed by atoms with Gasteiger partial charge in [-0.2, -0.15) is 0 Å². The van der Waals surface area contributed by atoms with Gasteiger partial charge < -0.3 is 20.7 Å². The molecule has 7 nitrogen and oxygen atoms in total. The minimum Gasteiger partial charge on any atom is -0.446 e. The van der Waals surface area contributed by atoms with E-state index in [1.165, 1.54) is 0 Å². The molecule has 2 aliphatic rings. The number of carbonyl (C=O) groups excluding carboxylic acids is 2. The normalized spacial score (nSPS) is 18.3. The number of pyridine rings is 1. The van der Waals surface area contributed by atoms with Crippen LogP contribution in [0.25, 0.3) is 0 Å². The second kappa shape index (κ2) is 5.40. The Morgan fingerprint density at radius 2 is 2.19 bits per heavy atom. The van der Waals surface area contributed by atoms with Gasteiger partial charge >= 0.3 is 6.09 Å². The summed E-state index contributed by atoms with van der Waals surface area (Å²) in [6.07, 6.45) is 0.357. The van der Waals surface area contributed by atoms with Crippen molar-refractivity contribution >= 4 is 29.4 Å². The van der Waals surface area contributed by atoms with Gasteiger partial charge in [0.2, 0.25) is 0 Å². The van der Waals surface area contributed by atoms with Crippen LogP contribution in [0.2, 0.25) is 5.15 Å². The third-order valence-electron chi connectivity index (χ3n) is 3.74. The molecule has 0 bridgehead atoms. The number of anilines is 1. The van der Waals surface area contributed by atoms with Crippen molar-refractivity contribution in [1.29, 1.82) is 0 Å². The lowest BCUT2D eigenvalue weighted by Crippen LogP contribution is -2.39. The SMILES string of the molecule is NC(=O)OC1CCN(c2nc(Cl)cc3c2C(=O)NC3)CC1. The molecule has 1 fully saturated rings. The summed E-state index contributed by atoms with van der Waals surface area (Å²) in [7, 11) is 0. The van der Waals surface area contributed by atoms with Crippen LogP contribution in [0.1, 0.15) is 28.8 Å². The van der Waals surface area contributed by atoms with Crippen LogP contribution in [0.3, 0.4) is 0 Å². The summed E-state index contributed by atoms with van der Waals surface area (Å²) in [5, 5.41) is 3.15. The molecule has 0 saturated carbocycles.